The molecule has 0 aliphatic carbocycles. The zero-order valence-corrected chi connectivity index (χ0v) is 44.8. The van der Waals surface area contributed by atoms with E-state index in [0.29, 0.717) is 83.9 Å². The molecule has 8 aliphatic rings. The number of hydrogen-bond acceptors (Lipinski definition) is 14. The molecule has 6 fully saturated rings. The van der Waals surface area contributed by atoms with Gasteiger partial charge in [-0.1, -0.05) is 30.2 Å². The lowest BCUT2D eigenvalue weighted by Gasteiger charge is -2.35. The van der Waals surface area contributed by atoms with Gasteiger partial charge < -0.3 is 38.5 Å². The fourth-order valence-corrected chi connectivity index (χ4v) is 13.6. The lowest BCUT2D eigenvalue weighted by atomic mass is 9.95. The molecule has 10 heterocycles. The molecule has 414 valence electrons. The van der Waals surface area contributed by atoms with Gasteiger partial charge in [0, 0.05) is 81.1 Å². The van der Waals surface area contributed by atoms with Crippen LogP contribution in [0.1, 0.15) is 104 Å². The van der Waals surface area contributed by atoms with E-state index >= 15 is 4.39 Å². The molecule has 2 aromatic heterocycles. The normalized spacial score (nSPS) is 22.4. The first-order chi connectivity index (χ1) is 38.5. The maximum Gasteiger partial charge on any atom is 0.409 e. The molecule has 0 bridgehead atoms. The SMILES string of the molecule is C#Cc1c(F)ccc2cccc(-c3nc4c5c(nc(OCC67CCCN6CCC7)nc5c3F)N3CCCOCC3CC4)c12.COC(=O)N1CCC(COC2CCN(c3ccc4c(c3)CN(C3CCC(=O)NC3=O)C4=O)CC2)CC1. The van der Waals surface area contributed by atoms with Crippen LogP contribution >= 0.6 is 0 Å². The maximum atomic E-state index is 16.9. The number of nitrogens with one attached hydrogen (secondary N) is 1. The highest BCUT2D eigenvalue weighted by Crippen LogP contribution is 2.43. The number of carbonyl (C=O) groups excluding carboxylic acids is 4. The Hall–Kier alpha value is -7.01. The first-order valence-electron chi connectivity index (χ1n) is 28.3. The number of carbonyl (C=O) groups is 4. The lowest BCUT2D eigenvalue weighted by molar-refractivity contribution is -0.136. The van der Waals surface area contributed by atoms with Crippen molar-refractivity contribution in [2.24, 2.45) is 5.92 Å². The Labute approximate surface area is 458 Å². The van der Waals surface area contributed by atoms with E-state index in [1.807, 2.05) is 24.3 Å². The fraction of sp³-hybridized carbons (Fsp3) is 0.517. The quantitative estimate of drug-likeness (QED) is 0.113. The molecular formula is C60H67F2N9O8. The molecule has 17 nitrogen and oxygen atoms in total. The molecule has 13 rings (SSSR count). The molecule has 0 saturated carbocycles. The average molecular weight is 1080 g/mol. The number of nitrogens with zero attached hydrogens (tertiary/aromatic N) is 8. The minimum atomic E-state index is -0.591. The van der Waals surface area contributed by atoms with Crippen molar-refractivity contribution in [3.8, 4) is 29.6 Å². The molecule has 2 atom stereocenters. The number of piperidine rings is 3. The summed E-state index contributed by atoms with van der Waals surface area (Å²) in [6.45, 7) is 8.97. The van der Waals surface area contributed by atoms with Crippen molar-refractivity contribution in [1.82, 2.24) is 35.0 Å². The van der Waals surface area contributed by atoms with E-state index < -0.39 is 17.7 Å². The van der Waals surface area contributed by atoms with Gasteiger partial charge >= 0.3 is 12.1 Å². The number of methoxy groups -OCH3 is 1. The number of ether oxygens (including phenoxy) is 4. The van der Waals surface area contributed by atoms with E-state index in [0.717, 1.165) is 128 Å². The molecule has 79 heavy (non-hydrogen) atoms. The van der Waals surface area contributed by atoms with Crippen molar-refractivity contribution in [3.63, 3.8) is 0 Å². The Morgan fingerprint density at radius 2 is 1.67 bits per heavy atom. The van der Waals surface area contributed by atoms with E-state index in [-0.39, 0.29) is 70.7 Å². The molecule has 0 spiro atoms. The molecular weight excluding hydrogens is 1010 g/mol. The number of anilines is 2. The predicted octanol–water partition coefficient (Wildman–Crippen LogP) is 7.56. The van der Waals surface area contributed by atoms with Gasteiger partial charge in [0.15, 0.2) is 5.82 Å². The number of hydrogen-bond donors (Lipinski definition) is 1. The number of aryl methyl sites for hydroxylation is 1. The Balaban J connectivity index is 0.000000161. The number of terminal acetylenes is 1. The maximum absolute atomic E-state index is 16.9. The van der Waals surface area contributed by atoms with E-state index in [2.05, 4.69) is 32.0 Å². The number of fused-ring (bicyclic) bond motifs is 5. The topological polar surface area (TPSA) is 172 Å². The lowest BCUT2D eigenvalue weighted by Crippen LogP contribution is -2.52. The Morgan fingerprint density at radius 1 is 0.861 bits per heavy atom. The number of aromatic nitrogens is 3. The number of halogens is 2. The molecule has 19 heteroatoms. The number of benzene rings is 3. The Kier molecular flexibility index (Phi) is 14.8. The van der Waals surface area contributed by atoms with Crippen molar-refractivity contribution in [2.75, 3.05) is 89.2 Å². The van der Waals surface area contributed by atoms with Crippen LogP contribution in [0, 0.1) is 29.9 Å². The Morgan fingerprint density at radius 3 is 2.44 bits per heavy atom. The van der Waals surface area contributed by atoms with Gasteiger partial charge in [-0.15, -0.1) is 6.42 Å². The van der Waals surface area contributed by atoms with Crippen LogP contribution in [0.4, 0.5) is 25.1 Å². The second-order valence-corrected chi connectivity index (χ2v) is 22.4. The van der Waals surface area contributed by atoms with E-state index in [1.165, 1.54) is 13.2 Å². The van der Waals surface area contributed by atoms with Crippen LogP contribution in [-0.4, -0.2) is 157 Å². The Bertz CT molecular complexity index is 3240. The molecule has 1 N–H and O–H groups in total. The fourth-order valence-electron chi connectivity index (χ4n) is 13.6. The third kappa shape index (κ3) is 10.2. The number of pyridine rings is 1. The van der Waals surface area contributed by atoms with Crippen LogP contribution in [0.2, 0.25) is 0 Å². The zero-order chi connectivity index (χ0) is 54.4. The molecule has 5 aromatic rings. The van der Waals surface area contributed by atoms with Gasteiger partial charge in [-0.2, -0.15) is 9.97 Å². The summed E-state index contributed by atoms with van der Waals surface area (Å²) in [5.41, 5.74) is 4.18. The van der Waals surface area contributed by atoms with Crippen LogP contribution in [0.5, 0.6) is 6.01 Å². The summed E-state index contributed by atoms with van der Waals surface area (Å²) in [5, 5.41) is 4.14. The van der Waals surface area contributed by atoms with Gasteiger partial charge in [0.2, 0.25) is 11.8 Å². The molecule has 2 unspecified atom stereocenters. The predicted molar refractivity (Wildman–Crippen MR) is 292 cm³/mol. The summed E-state index contributed by atoms with van der Waals surface area (Å²) in [6, 6.07) is 14.0. The van der Waals surface area contributed by atoms with Gasteiger partial charge in [0.1, 0.15) is 35.5 Å². The zero-order valence-electron chi connectivity index (χ0n) is 44.8. The van der Waals surface area contributed by atoms with Crippen molar-refractivity contribution >= 4 is 57.0 Å². The standard InChI is InChI=1S/C34H33F2N5O2.C26H34N4O6/c1-2-23-25(35)11-9-21-7-3-8-24(27(21)23)30-29(36)31-28-26(37-30)12-10-22-19-42-18-6-17-41(22)32(28)39-33(38-31)43-20-34-13-4-15-40(34)16-5-14-34;1-35-26(34)29-10-6-17(7-11-29)16-36-20-8-12-28(13-9-20)19-2-3-21-18(14-19)15-30(25(21)33)22-4-5-23(31)27-24(22)32/h1,3,7-9,11,22H,4-6,10,12-20H2;2-3,14,17,20,22H,4-13,15-16H2,1H3,(H,27,31,32). The third-order valence-electron chi connectivity index (χ3n) is 17.9. The first kappa shape index (κ1) is 52.7. The third-order valence-corrected chi connectivity index (χ3v) is 17.9. The first-order valence-corrected chi connectivity index (χ1v) is 28.3. The van der Waals surface area contributed by atoms with Gasteiger partial charge in [-0.25, -0.2) is 18.6 Å². The second-order valence-electron chi connectivity index (χ2n) is 22.4. The smallest absolute Gasteiger partial charge is 0.409 e. The second kappa shape index (κ2) is 22.3. The van der Waals surface area contributed by atoms with Crippen LogP contribution < -0.4 is 19.9 Å². The molecule has 6 saturated heterocycles. The molecule has 8 aliphatic heterocycles. The van der Waals surface area contributed by atoms with Gasteiger partial charge in [0.25, 0.3) is 5.91 Å². The van der Waals surface area contributed by atoms with Crippen molar-refractivity contribution in [3.05, 3.63) is 82.5 Å². The van der Waals surface area contributed by atoms with Gasteiger partial charge in [-0.3, -0.25) is 24.6 Å². The average Bonchev–Trinajstić information content (AvgIpc) is 4.13. The van der Waals surface area contributed by atoms with Crippen LogP contribution in [-0.2, 0) is 36.8 Å². The molecule has 4 amide bonds. The van der Waals surface area contributed by atoms with Gasteiger partial charge in [-0.05, 0) is 131 Å². The number of amides is 4. The highest BCUT2D eigenvalue weighted by Gasteiger charge is 2.45. The molecule has 3 aromatic carbocycles. The van der Waals surface area contributed by atoms with Crippen LogP contribution in [0.3, 0.4) is 0 Å². The molecule has 0 radical (unpaired) electrons. The summed E-state index contributed by atoms with van der Waals surface area (Å²) < 4.78 is 55.2. The van der Waals surface area contributed by atoms with E-state index in [9.17, 15) is 23.6 Å². The van der Waals surface area contributed by atoms with Crippen LogP contribution in [0.25, 0.3) is 32.9 Å². The number of rotatable bonds is 9. The summed E-state index contributed by atoms with van der Waals surface area (Å²) in [5.74, 6) is 1.69. The number of imide groups is 1. The van der Waals surface area contributed by atoms with Gasteiger partial charge in [0.05, 0.1) is 48.0 Å². The summed E-state index contributed by atoms with van der Waals surface area (Å²) in [4.78, 5) is 73.4. The van der Waals surface area contributed by atoms with Crippen molar-refractivity contribution < 1.29 is 46.9 Å². The minimum Gasteiger partial charge on any atom is -0.461 e. The van der Waals surface area contributed by atoms with E-state index in [4.69, 9.17) is 40.3 Å². The highest BCUT2D eigenvalue weighted by molar-refractivity contribution is 6.06. The minimum absolute atomic E-state index is 0.00280. The highest BCUT2D eigenvalue weighted by atomic mass is 19.1. The van der Waals surface area contributed by atoms with Crippen molar-refractivity contribution in [1.29, 1.82) is 0 Å². The monoisotopic (exact) mass is 1080 g/mol. The summed E-state index contributed by atoms with van der Waals surface area (Å²) >= 11 is 0. The number of likely N-dealkylation sites (tertiary alicyclic amines) is 1. The van der Waals surface area contributed by atoms with Crippen molar-refractivity contribution in [2.45, 2.75) is 114 Å². The largest absolute Gasteiger partial charge is 0.461 e. The van der Waals surface area contributed by atoms with Crippen LogP contribution in [0.15, 0.2) is 48.5 Å². The van der Waals surface area contributed by atoms with E-state index in [1.54, 1.807) is 21.9 Å². The summed E-state index contributed by atoms with van der Waals surface area (Å²) in [6.07, 6.45) is 16.8. The summed E-state index contributed by atoms with van der Waals surface area (Å²) in [7, 11) is 1.42.